The van der Waals surface area contributed by atoms with E-state index in [0.717, 1.165) is 0 Å². The molecule has 0 heterocycles. The SMILES string of the molecule is [Fe].[K].[Na].[Nb].[Ta].[Zr]. The second kappa shape index (κ2) is 31.3. The van der Waals surface area contributed by atoms with E-state index < -0.39 is 0 Å². The van der Waals surface area contributed by atoms with Gasteiger partial charge in [-0.05, 0) is 0 Å². The average molecular weight is 483 g/mol. The molecule has 0 aliphatic heterocycles. The molecule has 0 spiro atoms. The van der Waals surface area contributed by atoms with Gasteiger partial charge in [-0.25, -0.2) is 0 Å². The summed E-state index contributed by atoms with van der Waals surface area (Å²) in [6, 6.07) is 0. The van der Waals surface area contributed by atoms with Crippen LogP contribution in [0.15, 0.2) is 0 Å². The summed E-state index contributed by atoms with van der Waals surface area (Å²) in [5, 5.41) is 0. The molecular weight excluding hydrogens is 483 g/mol. The molecule has 0 aliphatic rings. The van der Waals surface area contributed by atoms with Crippen molar-refractivity contribution in [3.63, 3.8) is 0 Å². The Kier molecular flexibility index (Phi) is 218. The van der Waals surface area contributed by atoms with Gasteiger partial charge in [-0.1, -0.05) is 0 Å². The molecule has 24 valence electrons. The Labute approximate surface area is 164 Å². The molecule has 0 rings (SSSR count). The Bertz CT molecular complexity index is 15.5. The molecule has 0 N–H and O–H groups in total. The van der Waals surface area contributed by atoms with Gasteiger partial charge in [-0.3, -0.25) is 0 Å². The maximum atomic E-state index is 0. The van der Waals surface area contributed by atoms with Crippen molar-refractivity contribution in [3.05, 3.63) is 0 Å². The number of hydrogen-bond donors (Lipinski definition) is 0. The van der Waals surface area contributed by atoms with Crippen LogP contribution >= 0.6 is 0 Å². The fraction of sp³-hybridized carbons (Fsp3) is 0. The van der Waals surface area contributed by atoms with E-state index in [9.17, 15) is 0 Å². The Balaban J connectivity index is 0. The van der Waals surface area contributed by atoms with Crippen molar-refractivity contribution in [1.82, 2.24) is 0 Å². The fourth-order valence-electron chi connectivity index (χ4n) is 0. The molecular formula is FeKNaNbTaZr. The van der Waals surface area contributed by atoms with Gasteiger partial charge in [0.15, 0.2) is 0 Å². The first kappa shape index (κ1) is 41.8. The first-order valence-electron chi connectivity index (χ1n) is 0. The largest absolute Gasteiger partial charge is 0 e. The van der Waals surface area contributed by atoms with Crippen LogP contribution in [0.1, 0.15) is 0 Å². The molecule has 0 saturated heterocycles. The van der Waals surface area contributed by atoms with Crippen LogP contribution in [-0.2, 0) is 88.0 Å². The van der Waals surface area contributed by atoms with E-state index in [1.54, 1.807) is 0 Å². The summed E-state index contributed by atoms with van der Waals surface area (Å²) >= 11 is 0. The zero-order valence-corrected chi connectivity index (χ0v) is 17.8. The number of hydrogen-bond acceptors (Lipinski definition) is 0. The third kappa shape index (κ3) is 22.7. The van der Waals surface area contributed by atoms with Gasteiger partial charge in [0.2, 0.25) is 0 Å². The van der Waals surface area contributed by atoms with E-state index in [1.807, 2.05) is 0 Å². The summed E-state index contributed by atoms with van der Waals surface area (Å²) in [5.41, 5.74) is 0. The van der Waals surface area contributed by atoms with E-state index in [1.165, 1.54) is 0 Å². The third-order valence-electron chi connectivity index (χ3n) is 0. The van der Waals surface area contributed by atoms with Crippen molar-refractivity contribution in [1.29, 1.82) is 0 Å². The van der Waals surface area contributed by atoms with Crippen molar-refractivity contribution in [2.45, 2.75) is 0 Å². The van der Waals surface area contributed by atoms with Gasteiger partial charge in [-0.15, -0.1) is 0 Å². The van der Waals surface area contributed by atoms with Gasteiger partial charge in [0.25, 0.3) is 0 Å². The van der Waals surface area contributed by atoms with E-state index in [4.69, 9.17) is 0 Å². The molecule has 0 aliphatic carbocycles. The van der Waals surface area contributed by atoms with Gasteiger partial charge >= 0.3 is 0 Å². The van der Waals surface area contributed by atoms with E-state index in [-0.39, 0.29) is 169 Å². The molecule has 0 aromatic carbocycles. The van der Waals surface area contributed by atoms with Crippen LogP contribution < -0.4 is 0 Å². The maximum Gasteiger partial charge on any atom is 0 e. The summed E-state index contributed by atoms with van der Waals surface area (Å²) in [4.78, 5) is 0. The molecule has 6 heavy (non-hydrogen) atoms. The molecule has 0 amide bonds. The second-order valence-corrected chi connectivity index (χ2v) is 0. The molecule has 6 heteroatoms. The molecule has 0 unspecified atom stereocenters. The molecule has 0 aromatic heterocycles. The molecule has 0 nitrogen and oxygen atoms in total. The van der Waals surface area contributed by atoms with Crippen molar-refractivity contribution >= 4 is 80.9 Å². The minimum Gasteiger partial charge on any atom is 0 e. The quantitative estimate of drug-likeness (QED) is 0.398. The van der Waals surface area contributed by atoms with Gasteiger partial charge < -0.3 is 0 Å². The summed E-state index contributed by atoms with van der Waals surface area (Å²) in [5.74, 6) is 0. The third-order valence-corrected chi connectivity index (χ3v) is 0. The normalized spacial score (nSPS) is 0. The number of rotatable bonds is 0. The molecule has 0 fully saturated rings. The summed E-state index contributed by atoms with van der Waals surface area (Å²) in [6.45, 7) is 0. The zero-order valence-electron chi connectivity index (χ0n) is 3.75. The smallest absolute Gasteiger partial charge is 0 e. The van der Waals surface area contributed by atoms with Gasteiger partial charge in [-0.2, -0.15) is 0 Å². The van der Waals surface area contributed by atoms with Crippen LogP contribution in [-0.4, -0.2) is 80.9 Å². The Morgan fingerprint density at radius 2 is 1.00 bits per heavy atom. The van der Waals surface area contributed by atoms with Crippen LogP contribution in [0.5, 0.6) is 0 Å². The minimum absolute atomic E-state index is 0. The van der Waals surface area contributed by atoms with Gasteiger partial charge in [0, 0.05) is 169 Å². The van der Waals surface area contributed by atoms with Crippen molar-refractivity contribution in [3.8, 4) is 0 Å². The Hall–Kier alpha value is 5.52. The first-order valence-corrected chi connectivity index (χ1v) is 0. The van der Waals surface area contributed by atoms with E-state index in [2.05, 4.69) is 0 Å². The van der Waals surface area contributed by atoms with Crippen molar-refractivity contribution < 1.29 is 88.0 Å². The van der Waals surface area contributed by atoms with Crippen LogP contribution in [0, 0.1) is 0 Å². The fourth-order valence-corrected chi connectivity index (χ4v) is 0. The first-order chi connectivity index (χ1) is 0. The van der Waals surface area contributed by atoms with E-state index >= 15 is 0 Å². The van der Waals surface area contributed by atoms with Crippen LogP contribution in [0.25, 0.3) is 0 Å². The van der Waals surface area contributed by atoms with E-state index in [0.29, 0.717) is 0 Å². The standard InChI is InChI=1S/Fe.K.Na.Nb.Ta.Zr. The molecule has 0 saturated carbocycles. The van der Waals surface area contributed by atoms with Crippen LogP contribution in [0.2, 0.25) is 0 Å². The molecule has 4 radical (unpaired) electrons. The summed E-state index contributed by atoms with van der Waals surface area (Å²) in [7, 11) is 0. The minimum atomic E-state index is 0. The van der Waals surface area contributed by atoms with Crippen LogP contribution in [0.4, 0.5) is 0 Å². The summed E-state index contributed by atoms with van der Waals surface area (Å²) < 4.78 is 0. The molecule has 0 bridgehead atoms. The predicted molar refractivity (Wildman–Crippen MR) is 11.5 cm³/mol. The second-order valence-electron chi connectivity index (χ2n) is 0. The Morgan fingerprint density at radius 3 is 1.00 bits per heavy atom. The monoisotopic (exact) mass is 482 g/mol. The Morgan fingerprint density at radius 1 is 1.00 bits per heavy atom. The van der Waals surface area contributed by atoms with Crippen molar-refractivity contribution in [2.75, 3.05) is 0 Å². The summed E-state index contributed by atoms with van der Waals surface area (Å²) in [6.07, 6.45) is 0. The van der Waals surface area contributed by atoms with Gasteiger partial charge in [0.05, 0.1) is 0 Å². The van der Waals surface area contributed by atoms with Gasteiger partial charge in [0.1, 0.15) is 0 Å². The molecule has 0 aromatic rings. The maximum absolute atomic E-state index is 0. The van der Waals surface area contributed by atoms with Crippen LogP contribution in [0.3, 0.4) is 0 Å². The topological polar surface area (TPSA) is 0 Å². The predicted octanol–water partition coefficient (Wildman–Crippen LogP) is -0.772. The average Bonchev–Trinajstić information content (AvgIpc) is 0. The molecule has 0 atom stereocenters. The van der Waals surface area contributed by atoms with Crippen molar-refractivity contribution in [2.24, 2.45) is 0 Å². The zero-order chi connectivity index (χ0) is 0.